The smallest absolute Gasteiger partial charge is 0.0680 e. The van der Waals surface area contributed by atoms with Crippen molar-refractivity contribution in [1.82, 2.24) is 9.55 Å². The summed E-state index contributed by atoms with van der Waals surface area (Å²) in [6.07, 6.45) is 11.3. The quantitative estimate of drug-likeness (QED) is 0.765. The molecule has 0 spiro atoms. The molecule has 0 radical (unpaired) electrons. The van der Waals surface area contributed by atoms with Gasteiger partial charge in [0.1, 0.15) is 0 Å². The normalized spacial score (nSPS) is 25.1. The average molecular weight is 254 g/mol. The summed E-state index contributed by atoms with van der Waals surface area (Å²) in [5.74, 6) is 0.879. The van der Waals surface area contributed by atoms with Gasteiger partial charge < -0.3 is 4.57 Å². The van der Waals surface area contributed by atoms with Gasteiger partial charge in [-0.3, -0.25) is 4.98 Å². The summed E-state index contributed by atoms with van der Waals surface area (Å²) < 4.78 is 2.48. The third kappa shape index (κ3) is 1.99. The summed E-state index contributed by atoms with van der Waals surface area (Å²) in [4.78, 5) is 4.31. The average Bonchev–Trinajstić information content (AvgIpc) is 2.73. The molecule has 1 fully saturated rings. The fourth-order valence-electron chi connectivity index (χ4n) is 3.45. The number of hydrogen-bond donors (Lipinski definition) is 0. The molecule has 19 heavy (non-hydrogen) atoms. The van der Waals surface area contributed by atoms with E-state index in [0.29, 0.717) is 6.04 Å². The van der Waals surface area contributed by atoms with Crippen molar-refractivity contribution in [1.29, 1.82) is 0 Å². The second-order valence-electron chi connectivity index (χ2n) is 5.83. The summed E-state index contributed by atoms with van der Waals surface area (Å²) in [5, 5.41) is 3.68. The molecule has 100 valence electrons. The molecule has 3 rings (SSSR count). The van der Waals surface area contributed by atoms with Gasteiger partial charge in [-0.05, 0) is 44.6 Å². The van der Waals surface area contributed by atoms with Crippen LogP contribution in [0, 0.1) is 5.92 Å². The molecule has 2 aromatic rings. The van der Waals surface area contributed by atoms with Crippen molar-refractivity contribution in [3.63, 3.8) is 0 Å². The Kier molecular flexibility index (Phi) is 3.17. The van der Waals surface area contributed by atoms with Gasteiger partial charge in [-0.15, -0.1) is 0 Å². The number of rotatable bonds is 1. The molecular weight excluding hydrogens is 232 g/mol. The molecule has 2 heteroatoms. The minimum Gasteiger partial charge on any atom is -0.336 e. The predicted octanol–water partition coefficient (Wildman–Crippen LogP) is 3.00. The largest absolute Gasteiger partial charge is 0.336 e. The molecule has 0 unspecified atom stereocenters. The fraction of sp³-hybridized carbons (Fsp3) is 0.471. The summed E-state index contributed by atoms with van der Waals surface area (Å²) in [6.45, 7) is 8.75. The van der Waals surface area contributed by atoms with Crippen LogP contribution >= 0.6 is 0 Å². The standard InChI is InChI=1S/C17H22N2/c1-4-16-13(3)15-9-10-18-11-17(15)19(16)14-7-5-12(2)6-8-14/h4,9-12,14H,3,5-8H2,1-2H3. The van der Waals surface area contributed by atoms with Crippen LogP contribution in [0.5, 0.6) is 0 Å². The molecule has 0 amide bonds. The maximum Gasteiger partial charge on any atom is 0.0680 e. The van der Waals surface area contributed by atoms with E-state index in [1.165, 1.54) is 41.9 Å². The van der Waals surface area contributed by atoms with Gasteiger partial charge in [0.2, 0.25) is 0 Å². The second kappa shape index (κ2) is 4.84. The molecule has 0 N–H and O–H groups in total. The van der Waals surface area contributed by atoms with Crippen molar-refractivity contribution in [2.75, 3.05) is 0 Å². The maximum atomic E-state index is 4.31. The van der Waals surface area contributed by atoms with Crippen molar-refractivity contribution in [3.05, 3.63) is 29.0 Å². The third-order valence-electron chi connectivity index (χ3n) is 4.58. The van der Waals surface area contributed by atoms with E-state index in [2.05, 4.69) is 42.1 Å². The first kappa shape index (κ1) is 12.5. The van der Waals surface area contributed by atoms with Crippen molar-refractivity contribution < 1.29 is 0 Å². The van der Waals surface area contributed by atoms with Gasteiger partial charge >= 0.3 is 0 Å². The fourth-order valence-corrected chi connectivity index (χ4v) is 3.45. The van der Waals surface area contributed by atoms with Gasteiger partial charge in [-0.2, -0.15) is 0 Å². The van der Waals surface area contributed by atoms with Gasteiger partial charge in [0, 0.05) is 28.2 Å². The lowest BCUT2D eigenvalue weighted by Gasteiger charge is -2.28. The number of pyridine rings is 1. The highest BCUT2D eigenvalue weighted by atomic mass is 15.0. The molecule has 0 aliphatic heterocycles. The van der Waals surface area contributed by atoms with Crippen LogP contribution in [-0.2, 0) is 0 Å². The Hall–Kier alpha value is -1.57. The van der Waals surface area contributed by atoms with E-state index >= 15 is 0 Å². The van der Waals surface area contributed by atoms with Crippen LogP contribution in [0.25, 0.3) is 23.6 Å². The van der Waals surface area contributed by atoms with Gasteiger partial charge in [-0.1, -0.05) is 19.6 Å². The highest BCUT2D eigenvalue weighted by molar-refractivity contribution is 5.80. The molecule has 1 aliphatic rings. The van der Waals surface area contributed by atoms with Crippen LogP contribution in [0.3, 0.4) is 0 Å². The zero-order valence-electron chi connectivity index (χ0n) is 11.9. The summed E-state index contributed by atoms with van der Waals surface area (Å²) >= 11 is 0. The van der Waals surface area contributed by atoms with Crippen LogP contribution < -0.4 is 10.6 Å². The molecule has 1 saturated carbocycles. The minimum atomic E-state index is 0.615. The highest BCUT2D eigenvalue weighted by Gasteiger charge is 2.21. The van der Waals surface area contributed by atoms with Crippen LogP contribution in [-0.4, -0.2) is 9.55 Å². The van der Waals surface area contributed by atoms with Crippen molar-refractivity contribution in [3.8, 4) is 0 Å². The molecule has 0 atom stereocenters. The van der Waals surface area contributed by atoms with Gasteiger partial charge in [0.05, 0.1) is 11.7 Å². The molecule has 2 nitrogen and oxygen atoms in total. The Morgan fingerprint density at radius 1 is 1.32 bits per heavy atom. The van der Waals surface area contributed by atoms with Crippen molar-refractivity contribution >= 4 is 23.6 Å². The molecule has 0 bridgehead atoms. The lowest BCUT2D eigenvalue weighted by atomic mass is 9.87. The highest BCUT2D eigenvalue weighted by Crippen LogP contribution is 2.32. The summed E-state index contributed by atoms with van der Waals surface area (Å²) in [5.41, 5.74) is 1.25. The van der Waals surface area contributed by atoms with E-state index in [-0.39, 0.29) is 0 Å². The molecule has 1 aliphatic carbocycles. The van der Waals surface area contributed by atoms with Crippen LogP contribution in [0.2, 0.25) is 0 Å². The summed E-state index contributed by atoms with van der Waals surface area (Å²) in [6, 6.07) is 2.71. The van der Waals surface area contributed by atoms with E-state index in [0.717, 1.165) is 11.1 Å². The molecule has 2 heterocycles. The lowest BCUT2D eigenvalue weighted by Crippen LogP contribution is -2.32. The first-order chi connectivity index (χ1) is 9.22. The van der Waals surface area contributed by atoms with E-state index in [4.69, 9.17) is 0 Å². The summed E-state index contributed by atoms with van der Waals surface area (Å²) in [7, 11) is 0. The van der Waals surface area contributed by atoms with E-state index < -0.39 is 0 Å². The van der Waals surface area contributed by atoms with Crippen molar-refractivity contribution in [2.24, 2.45) is 5.92 Å². The second-order valence-corrected chi connectivity index (χ2v) is 5.83. The lowest BCUT2D eigenvalue weighted by molar-refractivity contribution is 0.291. The Bertz CT molecular complexity index is 688. The Morgan fingerprint density at radius 2 is 2.05 bits per heavy atom. The van der Waals surface area contributed by atoms with E-state index in [9.17, 15) is 0 Å². The van der Waals surface area contributed by atoms with Crippen LogP contribution in [0.4, 0.5) is 0 Å². The first-order valence-electron chi connectivity index (χ1n) is 7.31. The van der Waals surface area contributed by atoms with Gasteiger partial charge in [-0.25, -0.2) is 0 Å². The zero-order valence-corrected chi connectivity index (χ0v) is 11.9. The molecule has 0 aromatic carbocycles. The number of aromatic nitrogens is 2. The van der Waals surface area contributed by atoms with Gasteiger partial charge in [0.25, 0.3) is 0 Å². The zero-order chi connectivity index (χ0) is 13.4. The minimum absolute atomic E-state index is 0.615. The monoisotopic (exact) mass is 254 g/mol. The third-order valence-corrected chi connectivity index (χ3v) is 4.58. The molecule has 2 aromatic heterocycles. The number of nitrogens with zero attached hydrogens (tertiary/aromatic N) is 2. The van der Waals surface area contributed by atoms with Crippen LogP contribution in [0.1, 0.15) is 45.6 Å². The maximum absolute atomic E-state index is 4.31. The van der Waals surface area contributed by atoms with Gasteiger partial charge in [0.15, 0.2) is 0 Å². The number of fused-ring (bicyclic) bond motifs is 1. The topological polar surface area (TPSA) is 17.8 Å². The van der Waals surface area contributed by atoms with Crippen molar-refractivity contribution in [2.45, 2.75) is 45.6 Å². The van der Waals surface area contributed by atoms with E-state index in [1.807, 2.05) is 12.4 Å². The Morgan fingerprint density at radius 3 is 2.74 bits per heavy atom. The van der Waals surface area contributed by atoms with Crippen LogP contribution in [0.15, 0.2) is 18.5 Å². The molecular formula is C17H22N2. The predicted molar refractivity (Wildman–Crippen MR) is 81.3 cm³/mol. The van der Waals surface area contributed by atoms with E-state index in [1.54, 1.807) is 0 Å². The first-order valence-corrected chi connectivity index (χ1v) is 7.31. The number of hydrogen-bond acceptors (Lipinski definition) is 1. The SMILES string of the molecule is C=c1c(=CC)n(C2CCC(C)CC2)c2cnccc12. The Labute approximate surface area is 114 Å². The Balaban J connectivity index is 2.20. The molecule has 0 saturated heterocycles.